The first-order valence-electron chi connectivity index (χ1n) is 8.50. The molecule has 1 aromatic carbocycles. The minimum atomic E-state index is -4.35. The Hall–Kier alpha value is -3.30. The summed E-state index contributed by atoms with van der Waals surface area (Å²) in [5.41, 5.74) is 0.0516. The number of ether oxygens (including phenoxy) is 1. The van der Waals surface area contributed by atoms with Crippen molar-refractivity contribution in [1.29, 1.82) is 0 Å². The van der Waals surface area contributed by atoms with Gasteiger partial charge in [0.2, 0.25) is 0 Å². The third kappa shape index (κ3) is 4.90. The van der Waals surface area contributed by atoms with Crippen LogP contribution in [0.25, 0.3) is 5.65 Å². The Morgan fingerprint density at radius 1 is 1.11 bits per heavy atom. The van der Waals surface area contributed by atoms with E-state index in [-0.39, 0.29) is 6.61 Å². The van der Waals surface area contributed by atoms with E-state index in [2.05, 4.69) is 25.8 Å². The van der Waals surface area contributed by atoms with E-state index in [1.165, 1.54) is 12.1 Å². The molecule has 148 valence electrons. The highest BCUT2D eigenvalue weighted by Crippen LogP contribution is 2.30. The van der Waals surface area contributed by atoms with E-state index in [0.29, 0.717) is 24.8 Å². The van der Waals surface area contributed by atoms with Gasteiger partial charge in [-0.05, 0) is 36.4 Å². The summed E-state index contributed by atoms with van der Waals surface area (Å²) in [7, 11) is 1.63. The normalized spacial score (nSPS) is 12.2. The van der Waals surface area contributed by atoms with Crippen molar-refractivity contribution in [2.45, 2.75) is 12.7 Å². The number of nitrogens with one attached hydrogen (secondary N) is 2. The number of benzene rings is 1. The molecule has 2 aromatic heterocycles. The molecule has 0 atom stereocenters. The highest BCUT2D eigenvalue weighted by molar-refractivity contribution is 5.79. The van der Waals surface area contributed by atoms with Crippen molar-refractivity contribution in [3.8, 4) is 5.75 Å². The van der Waals surface area contributed by atoms with E-state index in [9.17, 15) is 13.2 Å². The number of alkyl halides is 3. The zero-order valence-electron chi connectivity index (χ0n) is 15.1. The van der Waals surface area contributed by atoms with Crippen LogP contribution in [0.5, 0.6) is 5.75 Å². The molecule has 0 aliphatic heterocycles. The molecule has 0 spiro atoms. The minimum Gasteiger partial charge on any atom is -0.492 e. The number of hydrogen-bond acceptors (Lipinski definition) is 4. The van der Waals surface area contributed by atoms with E-state index in [4.69, 9.17) is 4.74 Å². The molecule has 0 bridgehead atoms. The number of halogens is 3. The second-order valence-electron chi connectivity index (χ2n) is 5.77. The number of hydrogen-bond donors (Lipinski definition) is 2. The van der Waals surface area contributed by atoms with Gasteiger partial charge in [0.05, 0.1) is 18.7 Å². The first-order chi connectivity index (χ1) is 13.5. The van der Waals surface area contributed by atoms with Gasteiger partial charge in [-0.3, -0.25) is 9.39 Å². The van der Waals surface area contributed by atoms with Crippen molar-refractivity contribution in [3.05, 3.63) is 60.0 Å². The molecule has 0 unspecified atom stereocenters. The molecule has 0 fully saturated rings. The average Bonchev–Trinajstić information content (AvgIpc) is 3.10. The second-order valence-corrected chi connectivity index (χ2v) is 5.77. The molecule has 7 nitrogen and oxygen atoms in total. The lowest BCUT2D eigenvalue weighted by molar-refractivity contribution is -0.137. The topological polar surface area (TPSA) is 75.8 Å². The fourth-order valence-corrected chi connectivity index (χ4v) is 2.47. The van der Waals surface area contributed by atoms with Crippen LogP contribution < -0.4 is 15.4 Å². The van der Waals surface area contributed by atoms with Crippen molar-refractivity contribution in [3.63, 3.8) is 0 Å². The van der Waals surface area contributed by atoms with Gasteiger partial charge in [-0.2, -0.15) is 13.2 Å². The molecule has 10 heteroatoms. The highest BCUT2D eigenvalue weighted by Gasteiger charge is 2.29. The molecule has 0 saturated carbocycles. The molecular weight excluding hydrogens is 373 g/mol. The Kier molecular flexibility index (Phi) is 5.97. The average molecular weight is 392 g/mol. The standard InChI is InChI=1S/C18H19F3N6O/c1-22-17(24-12-16-26-25-15-4-2-3-10-27(15)16)23-9-11-28-14-7-5-13(6-8-14)18(19,20)21/h2-8,10H,9,11-12H2,1H3,(H2,22,23,24). The molecule has 2 heterocycles. The minimum absolute atomic E-state index is 0.264. The van der Waals surface area contributed by atoms with Crippen LogP contribution in [0.2, 0.25) is 0 Å². The van der Waals surface area contributed by atoms with Crippen LogP contribution in [-0.4, -0.2) is 40.8 Å². The monoisotopic (exact) mass is 392 g/mol. The van der Waals surface area contributed by atoms with Crippen LogP contribution in [0.3, 0.4) is 0 Å². The van der Waals surface area contributed by atoms with Crippen LogP contribution in [0.4, 0.5) is 13.2 Å². The zero-order chi connectivity index (χ0) is 20.0. The first kappa shape index (κ1) is 19.5. The van der Waals surface area contributed by atoms with Crippen LogP contribution in [-0.2, 0) is 12.7 Å². The van der Waals surface area contributed by atoms with Gasteiger partial charge in [0.15, 0.2) is 17.4 Å². The van der Waals surface area contributed by atoms with Crippen LogP contribution >= 0.6 is 0 Å². The molecular formula is C18H19F3N6O. The number of nitrogens with zero attached hydrogens (tertiary/aromatic N) is 4. The molecule has 0 aliphatic rings. The summed E-state index contributed by atoms with van der Waals surface area (Å²) in [6.07, 6.45) is -2.48. The summed E-state index contributed by atoms with van der Waals surface area (Å²) in [6, 6.07) is 10.2. The number of rotatable bonds is 6. The third-order valence-corrected chi connectivity index (χ3v) is 3.87. The van der Waals surface area contributed by atoms with Gasteiger partial charge >= 0.3 is 6.18 Å². The Bertz CT molecular complexity index is 936. The lowest BCUT2D eigenvalue weighted by Crippen LogP contribution is -2.39. The van der Waals surface area contributed by atoms with Gasteiger partial charge in [0, 0.05) is 13.2 Å². The quantitative estimate of drug-likeness (QED) is 0.383. The fourth-order valence-electron chi connectivity index (χ4n) is 2.47. The SMILES string of the molecule is CN=C(NCCOc1ccc(C(F)(F)F)cc1)NCc1nnc2ccccn12. The molecule has 0 aliphatic carbocycles. The smallest absolute Gasteiger partial charge is 0.416 e. The van der Waals surface area contributed by atoms with Crippen molar-refractivity contribution in [1.82, 2.24) is 25.2 Å². The summed E-state index contributed by atoms with van der Waals surface area (Å²) < 4.78 is 44.9. The lowest BCUT2D eigenvalue weighted by atomic mass is 10.2. The van der Waals surface area contributed by atoms with Crippen molar-refractivity contribution in [2.24, 2.45) is 4.99 Å². The van der Waals surface area contributed by atoms with Crippen LogP contribution in [0, 0.1) is 0 Å². The molecule has 0 saturated heterocycles. The summed E-state index contributed by atoms with van der Waals surface area (Å²) in [5.74, 6) is 1.65. The maximum Gasteiger partial charge on any atom is 0.416 e. The van der Waals surface area contributed by atoms with Crippen molar-refractivity contribution < 1.29 is 17.9 Å². The number of aliphatic imine (C=N–C) groups is 1. The van der Waals surface area contributed by atoms with Crippen molar-refractivity contribution >= 4 is 11.6 Å². The number of aromatic nitrogens is 3. The van der Waals surface area contributed by atoms with Crippen LogP contribution in [0.15, 0.2) is 53.7 Å². The van der Waals surface area contributed by atoms with Gasteiger partial charge in [-0.1, -0.05) is 6.07 Å². The molecule has 3 aromatic rings. The van der Waals surface area contributed by atoms with E-state index in [1.807, 2.05) is 28.8 Å². The Morgan fingerprint density at radius 2 is 1.89 bits per heavy atom. The van der Waals surface area contributed by atoms with Gasteiger partial charge in [0.1, 0.15) is 12.4 Å². The summed E-state index contributed by atoms with van der Waals surface area (Å²) in [5, 5.41) is 14.4. The zero-order valence-corrected chi connectivity index (χ0v) is 15.1. The molecule has 0 radical (unpaired) electrons. The predicted octanol–water partition coefficient (Wildman–Crippen LogP) is 2.49. The van der Waals surface area contributed by atoms with Gasteiger partial charge in [-0.15, -0.1) is 10.2 Å². The largest absolute Gasteiger partial charge is 0.492 e. The predicted molar refractivity (Wildman–Crippen MR) is 98.1 cm³/mol. The van der Waals surface area contributed by atoms with E-state index >= 15 is 0 Å². The maximum absolute atomic E-state index is 12.5. The van der Waals surface area contributed by atoms with Gasteiger partial charge < -0.3 is 15.4 Å². The number of guanidine groups is 1. The lowest BCUT2D eigenvalue weighted by Gasteiger charge is -2.12. The third-order valence-electron chi connectivity index (χ3n) is 3.87. The molecule has 0 amide bonds. The van der Waals surface area contributed by atoms with Gasteiger partial charge in [0.25, 0.3) is 0 Å². The number of pyridine rings is 1. The Balaban J connectivity index is 1.43. The van der Waals surface area contributed by atoms with E-state index in [0.717, 1.165) is 23.6 Å². The molecule has 3 rings (SSSR count). The summed E-state index contributed by atoms with van der Waals surface area (Å²) in [4.78, 5) is 4.11. The molecule has 28 heavy (non-hydrogen) atoms. The van der Waals surface area contributed by atoms with E-state index < -0.39 is 11.7 Å². The fraction of sp³-hybridized carbons (Fsp3) is 0.278. The Labute approximate surface area is 159 Å². The van der Waals surface area contributed by atoms with Crippen LogP contribution in [0.1, 0.15) is 11.4 Å². The van der Waals surface area contributed by atoms with E-state index in [1.54, 1.807) is 7.05 Å². The summed E-state index contributed by atoms with van der Waals surface area (Å²) in [6.45, 7) is 1.10. The van der Waals surface area contributed by atoms with Crippen molar-refractivity contribution in [2.75, 3.05) is 20.2 Å². The number of fused-ring (bicyclic) bond motifs is 1. The highest BCUT2D eigenvalue weighted by atomic mass is 19.4. The summed E-state index contributed by atoms with van der Waals surface area (Å²) >= 11 is 0. The first-order valence-corrected chi connectivity index (χ1v) is 8.50. The molecule has 2 N–H and O–H groups in total. The van der Waals surface area contributed by atoms with Gasteiger partial charge in [-0.25, -0.2) is 0 Å². The second kappa shape index (κ2) is 8.59. The Morgan fingerprint density at radius 3 is 2.61 bits per heavy atom. The maximum atomic E-state index is 12.5.